The predicted octanol–water partition coefficient (Wildman–Crippen LogP) is 1.12. The fourth-order valence-electron chi connectivity index (χ4n) is 4.18. The van der Waals surface area contributed by atoms with Gasteiger partial charge in [-0.2, -0.15) is 0 Å². The van der Waals surface area contributed by atoms with Gasteiger partial charge in [0.15, 0.2) is 0 Å². The fraction of sp³-hybridized carbons (Fsp3) is 0.579. The van der Waals surface area contributed by atoms with Crippen molar-refractivity contribution >= 4 is 23.6 Å². The normalized spacial score (nSPS) is 21.3. The molecule has 8 heteroatoms. The molecule has 146 valence electrons. The zero-order chi connectivity index (χ0) is 19.6. The second-order valence-electron chi connectivity index (χ2n) is 7.45. The SMILES string of the molecule is CCNC(=O)c1ccnc(N2CCC3(CC2)C[C@H](C(=O)O)N(C(C)=O)C3)c1. The molecular weight excluding hydrogens is 348 g/mol. The van der Waals surface area contributed by atoms with Crippen molar-refractivity contribution in [3.05, 3.63) is 23.9 Å². The minimum absolute atomic E-state index is 0.119. The molecule has 3 rings (SSSR count). The zero-order valence-corrected chi connectivity index (χ0v) is 15.8. The third kappa shape index (κ3) is 3.89. The van der Waals surface area contributed by atoms with Crippen LogP contribution in [0.5, 0.6) is 0 Å². The van der Waals surface area contributed by atoms with Crippen LogP contribution in [0.4, 0.5) is 5.82 Å². The van der Waals surface area contributed by atoms with Gasteiger partial charge in [0.25, 0.3) is 5.91 Å². The number of nitrogens with zero attached hydrogens (tertiary/aromatic N) is 3. The number of amides is 2. The highest BCUT2D eigenvalue weighted by atomic mass is 16.4. The molecule has 0 radical (unpaired) electrons. The Kier molecular flexibility index (Phi) is 5.34. The average Bonchev–Trinajstić information content (AvgIpc) is 3.03. The molecule has 2 fully saturated rings. The van der Waals surface area contributed by atoms with Crippen molar-refractivity contribution in [1.82, 2.24) is 15.2 Å². The van der Waals surface area contributed by atoms with Crippen LogP contribution in [0.3, 0.4) is 0 Å². The molecule has 1 aromatic heterocycles. The first-order chi connectivity index (χ1) is 12.8. The first kappa shape index (κ1) is 19.1. The van der Waals surface area contributed by atoms with Gasteiger partial charge >= 0.3 is 5.97 Å². The van der Waals surface area contributed by atoms with Crippen LogP contribution in [0, 0.1) is 5.41 Å². The molecule has 8 nitrogen and oxygen atoms in total. The molecule has 3 heterocycles. The monoisotopic (exact) mass is 374 g/mol. The predicted molar refractivity (Wildman–Crippen MR) is 99.6 cm³/mol. The second-order valence-corrected chi connectivity index (χ2v) is 7.45. The summed E-state index contributed by atoms with van der Waals surface area (Å²) in [6, 6.07) is 2.76. The molecule has 2 saturated heterocycles. The summed E-state index contributed by atoms with van der Waals surface area (Å²) in [4.78, 5) is 43.4. The third-order valence-corrected chi connectivity index (χ3v) is 5.69. The Morgan fingerprint density at radius 1 is 1.33 bits per heavy atom. The maximum atomic E-state index is 12.0. The minimum atomic E-state index is -0.930. The number of carbonyl (C=O) groups excluding carboxylic acids is 2. The Labute approximate surface area is 158 Å². The van der Waals surface area contributed by atoms with E-state index >= 15 is 0 Å². The number of carboxylic acids is 1. The van der Waals surface area contributed by atoms with Crippen LogP contribution in [-0.4, -0.2) is 65.0 Å². The Morgan fingerprint density at radius 3 is 2.59 bits per heavy atom. The summed E-state index contributed by atoms with van der Waals surface area (Å²) < 4.78 is 0. The van der Waals surface area contributed by atoms with Gasteiger partial charge < -0.3 is 20.2 Å². The fourth-order valence-corrected chi connectivity index (χ4v) is 4.18. The van der Waals surface area contributed by atoms with Crippen LogP contribution in [0.15, 0.2) is 18.3 Å². The molecule has 1 aromatic rings. The Hall–Kier alpha value is -2.64. The lowest BCUT2D eigenvalue weighted by Gasteiger charge is -2.39. The van der Waals surface area contributed by atoms with E-state index in [4.69, 9.17) is 0 Å². The van der Waals surface area contributed by atoms with E-state index in [1.165, 1.54) is 11.8 Å². The second kappa shape index (κ2) is 7.54. The number of rotatable bonds is 4. The topological polar surface area (TPSA) is 103 Å². The number of nitrogens with one attached hydrogen (secondary N) is 1. The van der Waals surface area contributed by atoms with Crippen molar-refractivity contribution < 1.29 is 19.5 Å². The summed E-state index contributed by atoms with van der Waals surface area (Å²) in [7, 11) is 0. The number of carboxylic acid groups (broad SMARTS) is 1. The van der Waals surface area contributed by atoms with Crippen LogP contribution >= 0.6 is 0 Å². The summed E-state index contributed by atoms with van der Waals surface area (Å²) in [5.74, 6) is -0.476. The lowest BCUT2D eigenvalue weighted by atomic mass is 9.76. The molecule has 2 aliphatic heterocycles. The number of piperidine rings is 1. The van der Waals surface area contributed by atoms with E-state index in [0.717, 1.165) is 31.7 Å². The molecule has 27 heavy (non-hydrogen) atoms. The van der Waals surface area contributed by atoms with Crippen LogP contribution in [0.1, 0.15) is 43.5 Å². The van der Waals surface area contributed by atoms with E-state index < -0.39 is 12.0 Å². The van der Waals surface area contributed by atoms with Crippen LogP contribution in [0.25, 0.3) is 0 Å². The molecule has 2 N–H and O–H groups in total. The largest absolute Gasteiger partial charge is 0.480 e. The lowest BCUT2D eigenvalue weighted by Crippen LogP contribution is -2.42. The standard InChI is InChI=1S/C19H26N4O4/c1-3-20-17(25)14-4-7-21-16(10-14)22-8-5-19(6-9-22)11-15(18(26)27)23(12-19)13(2)24/h4,7,10,15H,3,5-6,8-9,11-12H2,1-2H3,(H,20,25)(H,26,27)/t15-/m1/s1. The molecule has 0 bridgehead atoms. The summed E-state index contributed by atoms with van der Waals surface area (Å²) in [5, 5.41) is 12.2. The molecule has 0 aliphatic carbocycles. The summed E-state index contributed by atoms with van der Waals surface area (Å²) >= 11 is 0. The molecule has 1 atom stereocenters. The highest BCUT2D eigenvalue weighted by Gasteiger charge is 2.49. The number of likely N-dealkylation sites (tertiary alicyclic amines) is 1. The third-order valence-electron chi connectivity index (χ3n) is 5.69. The van der Waals surface area contributed by atoms with Crippen molar-refractivity contribution in [1.29, 1.82) is 0 Å². The number of aromatic nitrogens is 1. The Bertz CT molecular complexity index is 719. The van der Waals surface area contributed by atoms with Crippen LogP contribution in [0.2, 0.25) is 0 Å². The van der Waals surface area contributed by atoms with Crippen molar-refractivity contribution in [2.24, 2.45) is 5.41 Å². The van der Waals surface area contributed by atoms with Crippen molar-refractivity contribution in [3.8, 4) is 0 Å². The number of anilines is 1. The Morgan fingerprint density at radius 2 is 2.04 bits per heavy atom. The van der Waals surface area contributed by atoms with Gasteiger partial charge in [-0.1, -0.05) is 0 Å². The van der Waals surface area contributed by atoms with E-state index in [-0.39, 0.29) is 17.2 Å². The molecule has 0 unspecified atom stereocenters. The maximum Gasteiger partial charge on any atom is 0.326 e. The van der Waals surface area contributed by atoms with Crippen LogP contribution in [-0.2, 0) is 9.59 Å². The van der Waals surface area contributed by atoms with Crippen molar-refractivity contribution in [2.45, 2.75) is 39.2 Å². The first-order valence-electron chi connectivity index (χ1n) is 9.34. The van der Waals surface area contributed by atoms with E-state index in [0.29, 0.717) is 25.1 Å². The smallest absolute Gasteiger partial charge is 0.326 e. The molecule has 2 amide bonds. The molecular formula is C19H26N4O4. The van der Waals surface area contributed by atoms with E-state index in [2.05, 4.69) is 15.2 Å². The van der Waals surface area contributed by atoms with E-state index in [1.807, 2.05) is 6.92 Å². The molecule has 0 saturated carbocycles. The van der Waals surface area contributed by atoms with Gasteiger partial charge in [0.05, 0.1) is 0 Å². The van der Waals surface area contributed by atoms with Gasteiger partial charge in [-0.3, -0.25) is 9.59 Å². The van der Waals surface area contributed by atoms with Gasteiger partial charge in [0.2, 0.25) is 5.91 Å². The average molecular weight is 374 g/mol. The molecule has 2 aliphatic rings. The maximum absolute atomic E-state index is 12.0. The summed E-state index contributed by atoms with van der Waals surface area (Å²) in [5.41, 5.74) is 0.430. The lowest BCUT2D eigenvalue weighted by molar-refractivity contribution is -0.147. The summed E-state index contributed by atoms with van der Waals surface area (Å²) in [6.45, 7) is 5.83. The van der Waals surface area contributed by atoms with Gasteiger partial charge in [0.1, 0.15) is 11.9 Å². The van der Waals surface area contributed by atoms with Gasteiger partial charge in [-0.25, -0.2) is 9.78 Å². The summed E-state index contributed by atoms with van der Waals surface area (Å²) in [6.07, 6.45) is 3.74. The van der Waals surface area contributed by atoms with Gasteiger partial charge in [0, 0.05) is 44.9 Å². The van der Waals surface area contributed by atoms with Crippen molar-refractivity contribution in [3.63, 3.8) is 0 Å². The number of hydrogen-bond acceptors (Lipinski definition) is 5. The highest BCUT2D eigenvalue weighted by Crippen LogP contribution is 2.44. The van der Waals surface area contributed by atoms with Gasteiger partial charge in [-0.05, 0) is 43.7 Å². The highest BCUT2D eigenvalue weighted by molar-refractivity contribution is 5.94. The zero-order valence-electron chi connectivity index (χ0n) is 15.8. The number of aliphatic carboxylic acids is 1. The number of carbonyl (C=O) groups is 3. The molecule has 0 aromatic carbocycles. The first-order valence-corrected chi connectivity index (χ1v) is 9.34. The van der Waals surface area contributed by atoms with E-state index in [1.54, 1.807) is 18.3 Å². The van der Waals surface area contributed by atoms with E-state index in [9.17, 15) is 19.5 Å². The molecule has 1 spiro atoms. The quantitative estimate of drug-likeness (QED) is 0.819. The Balaban J connectivity index is 1.69. The number of pyridine rings is 1. The number of hydrogen-bond donors (Lipinski definition) is 2. The van der Waals surface area contributed by atoms with Gasteiger partial charge in [-0.15, -0.1) is 0 Å². The van der Waals surface area contributed by atoms with Crippen molar-refractivity contribution in [2.75, 3.05) is 31.1 Å². The minimum Gasteiger partial charge on any atom is -0.480 e. The van der Waals surface area contributed by atoms with Crippen LogP contribution < -0.4 is 10.2 Å².